The highest BCUT2D eigenvalue weighted by Gasteiger charge is 2.15. The van der Waals surface area contributed by atoms with Crippen LogP contribution in [0.5, 0.6) is 5.75 Å². The Kier molecular flexibility index (Phi) is 7.21. The number of hydrogen-bond donors (Lipinski definition) is 1. The molecule has 0 spiro atoms. The first kappa shape index (κ1) is 21.5. The molecule has 0 radical (unpaired) electrons. The molecule has 0 saturated carbocycles. The molecule has 150 valence electrons. The minimum absolute atomic E-state index is 0.271. The van der Waals surface area contributed by atoms with Crippen LogP contribution in [-0.2, 0) is 4.74 Å². The molecule has 1 amide bonds. The summed E-state index contributed by atoms with van der Waals surface area (Å²) in [4.78, 5) is 23.0. The van der Waals surface area contributed by atoms with Crippen LogP contribution in [0.1, 0.15) is 56.5 Å². The smallest absolute Gasteiger partial charge is 0.407 e. The van der Waals surface area contributed by atoms with Gasteiger partial charge in [-0.2, -0.15) is 0 Å². The molecule has 0 aliphatic heterocycles. The van der Waals surface area contributed by atoms with E-state index >= 15 is 0 Å². The Hall–Kier alpha value is -2.82. The second kappa shape index (κ2) is 9.40. The zero-order valence-electron chi connectivity index (χ0n) is 17.2. The topological polar surface area (TPSA) is 64.6 Å². The highest BCUT2D eigenvalue weighted by atomic mass is 16.6. The van der Waals surface area contributed by atoms with Crippen molar-refractivity contribution < 1.29 is 19.1 Å². The van der Waals surface area contributed by atoms with Crippen molar-refractivity contribution in [2.45, 2.75) is 46.1 Å². The van der Waals surface area contributed by atoms with Gasteiger partial charge in [-0.25, -0.2) is 4.79 Å². The maximum absolute atomic E-state index is 11.7. The van der Waals surface area contributed by atoms with E-state index in [0.29, 0.717) is 23.8 Å². The molecule has 2 aromatic rings. The molecule has 1 N–H and O–H groups in total. The van der Waals surface area contributed by atoms with Gasteiger partial charge in [0.05, 0.1) is 6.54 Å². The number of hydrogen-bond acceptors (Lipinski definition) is 4. The summed E-state index contributed by atoms with van der Waals surface area (Å²) in [6.45, 7) is 10.3. The molecule has 2 rings (SSSR count). The maximum Gasteiger partial charge on any atom is 0.407 e. The van der Waals surface area contributed by atoms with Gasteiger partial charge in [-0.1, -0.05) is 38.1 Å². The van der Waals surface area contributed by atoms with Crippen LogP contribution < -0.4 is 10.1 Å². The molecule has 0 unspecified atom stereocenters. The van der Waals surface area contributed by atoms with E-state index in [2.05, 4.69) is 31.3 Å². The van der Waals surface area contributed by atoms with Gasteiger partial charge in [-0.3, -0.25) is 4.79 Å². The summed E-state index contributed by atoms with van der Waals surface area (Å²) in [5.41, 5.74) is 3.19. The van der Waals surface area contributed by atoms with Crippen LogP contribution in [0.3, 0.4) is 0 Å². The number of benzene rings is 2. The van der Waals surface area contributed by atoms with Crippen LogP contribution in [-0.4, -0.2) is 31.1 Å². The third-order valence-electron chi connectivity index (χ3n) is 3.99. The average Bonchev–Trinajstić information content (AvgIpc) is 2.63. The van der Waals surface area contributed by atoms with Crippen molar-refractivity contribution in [3.8, 4) is 16.9 Å². The second-order valence-corrected chi connectivity index (χ2v) is 7.97. The van der Waals surface area contributed by atoms with E-state index in [-0.39, 0.29) is 6.61 Å². The molecular formula is C23H29NO4. The largest absolute Gasteiger partial charge is 0.492 e. The van der Waals surface area contributed by atoms with Gasteiger partial charge in [0, 0.05) is 5.56 Å². The first-order chi connectivity index (χ1) is 13.2. The van der Waals surface area contributed by atoms with Crippen molar-refractivity contribution >= 4 is 12.4 Å². The van der Waals surface area contributed by atoms with Gasteiger partial charge < -0.3 is 14.8 Å². The summed E-state index contributed by atoms with van der Waals surface area (Å²) in [6, 6.07) is 13.7. The number of ether oxygens (including phenoxy) is 2. The molecule has 2 aromatic carbocycles. The van der Waals surface area contributed by atoms with Gasteiger partial charge in [-0.05, 0) is 61.6 Å². The summed E-state index contributed by atoms with van der Waals surface area (Å²) < 4.78 is 10.9. The van der Waals surface area contributed by atoms with E-state index < -0.39 is 11.7 Å². The lowest BCUT2D eigenvalue weighted by Gasteiger charge is -2.19. The zero-order valence-corrected chi connectivity index (χ0v) is 17.2. The fourth-order valence-corrected chi connectivity index (χ4v) is 2.65. The van der Waals surface area contributed by atoms with Crippen LogP contribution in [0, 0.1) is 0 Å². The van der Waals surface area contributed by atoms with Crippen LogP contribution in [0.4, 0.5) is 4.79 Å². The lowest BCUT2D eigenvalue weighted by atomic mass is 9.96. The number of amides is 1. The van der Waals surface area contributed by atoms with Crippen molar-refractivity contribution in [3.63, 3.8) is 0 Å². The third kappa shape index (κ3) is 6.72. The number of carbonyl (C=O) groups is 2. The van der Waals surface area contributed by atoms with E-state index in [1.807, 2.05) is 45.0 Å². The van der Waals surface area contributed by atoms with Gasteiger partial charge in [0.1, 0.15) is 24.2 Å². The lowest BCUT2D eigenvalue weighted by molar-refractivity contribution is 0.0520. The standard InChI is InChI=1S/C23H29NO4/c1-16(2)18-7-6-8-19(13-18)20-11-17(15-25)12-21(14-20)27-10-9-24-22(26)28-23(3,4)5/h6-8,11-16H,9-10H2,1-5H3,(H,24,26). The SMILES string of the molecule is CC(C)c1cccc(-c2cc(C=O)cc(OCCNC(=O)OC(C)(C)C)c2)c1. The summed E-state index contributed by atoms with van der Waals surface area (Å²) in [5, 5.41) is 2.65. The molecule has 0 aromatic heterocycles. The predicted molar refractivity (Wildman–Crippen MR) is 111 cm³/mol. The van der Waals surface area contributed by atoms with E-state index in [1.54, 1.807) is 6.07 Å². The van der Waals surface area contributed by atoms with E-state index in [0.717, 1.165) is 17.4 Å². The number of rotatable bonds is 7. The molecule has 0 aliphatic carbocycles. The van der Waals surface area contributed by atoms with Crippen LogP contribution in [0.25, 0.3) is 11.1 Å². The first-order valence-electron chi connectivity index (χ1n) is 9.48. The Labute approximate surface area is 167 Å². The molecule has 0 aliphatic rings. The maximum atomic E-state index is 11.7. The molecule has 0 saturated heterocycles. The van der Waals surface area contributed by atoms with Crippen LogP contribution in [0.15, 0.2) is 42.5 Å². The predicted octanol–water partition coefficient (Wildman–Crippen LogP) is 5.19. The normalized spacial score (nSPS) is 11.2. The number of aldehydes is 1. The van der Waals surface area contributed by atoms with Gasteiger partial charge in [0.15, 0.2) is 0 Å². The monoisotopic (exact) mass is 383 g/mol. The third-order valence-corrected chi connectivity index (χ3v) is 3.99. The fraction of sp³-hybridized carbons (Fsp3) is 0.391. The van der Waals surface area contributed by atoms with Crippen molar-refractivity contribution in [1.29, 1.82) is 0 Å². The highest BCUT2D eigenvalue weighted by molar-refractivity contribution is 5.80. The molecule has 0 atom stereocenters. The van der Waals surface area contributed by atoms with Gasteiger partial charge in [0.2, 0.25) is 0 Å². The Morgan fingerprint density at radius 3 is 2.50 bits per heavy atom. The van der Waals surface area contributed by atoms with Gasteiger partial charge >= 0.3 is 6.09 Å². The molecule has 0 bridgehead atoms. The molecule has 5 heteroatoms. The summed E-state index contributed by atoms with van der Waals surface area (Å²) in [7, 11) is 0. The number of alkyl carbamates (subject to hydrolysis) is 1. The summed E-state index contributed by atoms with van der Waals surface area (Å²) in [5.74, 6) is 1.00. The number of nitrogens with one attached hydrogen (secondary N) is 1. The molecule has 5 nitrogen and oxygen atoms in total. The van der Waals surface area contributed by atoms with Crippen LogP contribution >= 0.6 is 0 Å². The summed E-state index contributed by atoms with van der Waals surface area (Å²) in [6.07, 6.45) is 0.325. The first-order valence-corrected chi connectivity index (χ1v) is 9.48. The Morgan fingerprint density at radius 1 is 1.11 bits per heavy atom. The average molecular weight is 383 g/mol. The quantitative estimate of drug-likeness (QED) is 0.528. The van der Waals surface area contributed by atoms with E-state index in [4.69, 9.17) is 9.47 Å². The van der Waals surface area contributed by atoms with Crippen molar-refractivity contribution in [2.24, 2.45) is 0 Å². The highest BCUT2D eigenvalue weighted by Crippen LogP contribution is 2.28. The van der Waals surface area contributed by atoms with Crippen molar-refractivity contribution in [3.05, 3.63) is 53.6 Å². The molecular weight excluding hydrogens is 354 g/mol. The van der Waals surface area contributed by atoms with E-state index in [1.165, 1.54) is 5.56 Å². The van der Waals surface area contributed by atoms with Crippen molar-refractivity contribution in [1.82, 2.24) is 5.32 Å². The minimum Gasteiger partial charge on any atom is -0.492 e. The number of carbonyl (C=O) groups excluding carboxylic acids is 2. The fourth-order valence-electron chi connectivity index (χ4n) is 2.65. The molecule has 28 heavy (non-hydrogen) atoms. The Bertz CT molecular complexity index is 822. The Morgan fingerprint density at radius 2 is 1.86 bits per heavy atom. The Balaban J connectivity index is 2.06. The van der Waals surface area contributed by atoms with Crippen molar-refractivity contribution in [2.75, 3.05) is 13.2 Å². The minimum atomic E-state index is -0.539. The zero-order chi connectivity index (χ0) is 20.7. The van der Waals surface area contributed by atoms with Crippen LogP contribution in [0.2, 0.25) is 0 Å². The lowest BCUT2D eigenvalue weighted by Crippen LogP contribution is -2.34. The van der Waals surface area contributed by atoms with E-state index in [9.17, 15) is 9.59 Å². The summed E-state index contributed by atoms with van der Waals surface area (Å²) >= 11 is 0. The van der Waals surface area contributed by atoms with Gasteiger partial charge in [0.25, 0.3) is 0 Å². The molecule has 0 fully saturated rings. The second-order valence-electron chi connectivity index (χ2n) is 7.97. The molecule has 0 heterocycles. The van der Waals surface area contributed by atoms with Gasteiger partial charge in [-0.15, -0.1) is 0 Å².